The summed E-state index contributed by atoms with van der Waals surface area (Å²) in [5.74, 6) is -0.609. The summed E-state index contributed by atoms with van der Waals surface area (Å²) in [6.45, 7) is 5.94. The molecule has 0 bridgehead atoms. The number of nitrogens with two attached hydrogens (primary N) is 1. The number of benzene rings is 1. The number of amides is 1. The van der Waals surface area contributed by atoms with Crippen LogP contribution in [0.5, 0.6) is 0 Å². The van der Waals surface area contributed by atoms with Gasteiger partial charge in [0.1, 0.15) is 5.82 Å². The first-order valence-electron chi connectivity index (χ1n) is 5.61. The molecule has 0 radical (unpaired) electrons. The maximum absolute atomic E-state index is 13.0. The number of hydrogen-bond acceptors (Lipinski definition) is 2. The number of nitrogens with one attached hydrogen (secondary N) is 1. The summed E-state index contributed by atoms with van der Waals surface area (Å²) in [7, 11) is 0. The summed E-state index contributed by atoms with van der Waals surface area (Å²) in [6, 6.07) is 6.38. The van der Waals surface area contributed by atoms with Crippen LogP contribution in [0.3, 0.4) is 0 Å². The molecule has 1 atom stereocenters. The zero-order chi connectivity index (χ0) is 13.1. The number of halogens is 1. The van der Waals surface area contributed by atoms with E-state index in [0.717, 1.165) is 5.56 Å². The number of carbonyl (C=O) groups is 1. The highest BCUT2D eigenvalue weighted by Crippen LogP contribution is 2.17. The standard InChI is InChI=1S/C13H19FN2O/c1-9(10-5-4-6-11(14)7-10)16-8-13(2,3)12(15)17/h4-7,9,16H,8H2,1-3H3,(H2,15,17). The average Bonchev–Trinajstić information content (AvgIpc) is 2.25. The Morgan fingerprint density at radius 3 is 2.71 bits per heavy atom. The molecule has 3 nitrogen and oxygen atoms in total. The fourth-order valence-electron chi connectivity index (χ4n) is 1.39. The van der Waals surface area contributed by atoms with E-state index in [1.807, 2.05) is 13.0 Å². The van der Waals surface area contributed by atoms with Crippen molar-refractivity contribution in [2.75, 3.05) is 6.54 Å². The Labute approximate surface area is 101 Å². The first kappa shape index (κ1) is 13.6. The van der Waals surface area contributed by atoms with Crippen molar-refractivity contribution in [3.05, 3.63) is 35.6 Å². The molecule has 1 aromatic rings. The molecule has 1 unspecified atom stereocenters. The van der Waals surface area contributed by atoms with Gasteiger partial charge in [-0.05, 0) is 38.5 Å². The molecule has 0 heterocycles. The largest absolute Gasteiger partial charge is 0.369 e. The van der Waals surface area contributed by atoms with Crippen molar-refractivity contribution >= 4 is 5.91 Å². The summed E-state index contributed by atoms with van der Waals surface area (Å²) < 4.78 is 13.0. The van der Waals surface area contributed by atoms with Crippen LogP contribution in [0.25, 0.3) is 0 Å². The van der Waals surface area contributed by atoms with Crippen molar-refractivity contribution in [3.63, 3.8) is 0 Å². The van der Waals surface area contributed by atoms with Crippen molar-refractivity contribution in [1.29, 1.82) is 0 Å². The van der Waals surface area contributed by atoms with Gasteiger partial charge in [0.2, 0.25) is 5.91 Å². The third-order valence-electron chi connectivity index (χ3n) is 2.87. The first-order chi connectivity index (χ1) is 7.83. The first-order valence-corrected chi connectivity index (χ1v) is 5.61. The number of hydrogen-bond donors (Lipinski definition) is 2. The summed E-state index contributed by atoms with van der Waals surface area (Å²) in [6.07, 6.45) is 0. The fraction of sp³-hybridized carbons (Fsp3) is 0.462. The maximum Gasteiger partial charge on any atom is 0.224 e. The third kappa shape index (κ3) is 3.82. The lowest BCUT2D eigenvalue weighted by Crippen LogP contribution is -2.41. The third-order valence-corrected chi connectivity index (χ3v) is 2.87. The lowest BCUT2D eigenvalue weighted by Gasteiger charge is -2.24. The second-order valence-corrected chi connectivity index (χ2v) is 4.91. The van der Waals surface area contributed by atoms with Crippen LogP contribution >= 0.6 is 0 Å². The summed E-state index contributed by atoms with van der Waals surface area (Å²) in [5.41, 5.74) is 5.52. The monoisotopic (exact) mass is 238 g/mol. The molecule has 3 N–H and O–H groups in total. The second kappa shape index (κ2) is 5.27. The maximum atomic E-state index is 13.0. The number of carbonyl (C=O) groups excluding carboxylic acids is 1. The molecule has 0 spiro atoms. The molecule has 0 fully saturated rings. The molecule has 1 aromatic carbocycles. The summed E-state index contributed by atoms with van der Waals surface area (Å²) in [4.78, 5) is 11.1. The van der Waals surface area contributed by atoms with E-state index < -0.39 is 5.41 Å². The van der Waals surface area contributed by atoms with Gasteiger partial charge in [0.25, 0.3) is 0 Å². The number of rotatable bonds is 5. The van der Waals surface area contributed by atoms with Gasteiger partial charge in [-0.2, -0.15) is 0 Å². The molecule has 0 aliphatic carbocycles. The van der Waals surface area contributed by atoms with Gasteiger partial charge in [-0.3, -0.25) is 4.79 Å². The fourth-order valence-corrected chi connectivity index (χ4v) is 1.39. The molecule has 0 aliphatic heterocycles. The van der Waals surface area contributed by atoms with Crippen molar-refractivity contribution in [2.45, 2.75) is 26.8 Å². The Kier molecular flexibility index (Phi) is 4.23. The van der Waals surface area contributed by atoms with Crippen LogP contribution in [0.2, 0.25) is 0 Å². The highest BCUT2D eigenvalue weighted by molar-refractivity contribution is 5.80. The Hall–Kier alpha value is -1.42. The van der Waals surface area contributed by atoms with Crippen LogP contribution in [0.1, 0.15) is 32.4 Å². The summed E-state index contributed by atoms with van der Waals surface area (Å²) >= 11 is 0. The molecule has 1 amide bonds. The predicted molar refractivity (Wildman–Crippen MR) is 65.8 cm³/mol. The van der Waals surface area contributed by atoms with Gasteiger partial charge >= 0.3 is 0 Å². The van der Waals surface area contributed by atoms with Crippen LogP contribution < -0.4 is 11.1 Å². The smallest absolute Gasteiger partial charge is 0.224 e. The van der Waals surface area contributed by atoms with Gasteiger partial charge in [-0.25, -0.2) is 4.39 Å². The van der Waals surface area contributed by atoms with E-state index in [1.54, 1.807) is 19.9 Å². The Morgan fingerprint density at radius 2 is 2.18 bits per heavy atom. The highest BCUT2D eigenvalue weighted by atomic mass is 19.1. The van der Waals surface area contributed by atoms with Crippen molar-refractivity contribution in [1.82, 2.24) is 5.32 Å². The van der Waals surface area contributed by atoms with Crippen LogP contribution in [0.4, 0.5) is 4.39 Å². The zero-order valence-corrected chi connectivity index (χ0v) is 10.5. The van der Waals surface area contributed by atoms with Crippen molar-refractivity contribution in [3.8, 4) is 0 Å². The van der Waals surface area contributed by atoms with E-state index in [4.69, 9.17) is 5.73 Å². The van der Waals surface area contributed by atoms with Gasteiger partial charge < -0.3 is 11.1 Å². The van der Waals surface area contributed by atoms with E-state index in [-0.39, 0.29) is 17.8 Å². The van der Waals surface area contributed by atoms with Crippen LogP contribution in [0.15, 0.2) is 24.3 Å². The molecular weight excluding hydrogens is 219 g/mol. The van der Waals surface area contributed by atoms with Gasteiger partial charge in [-0.15, -0.1) is 0 Å². The molecule has 0 aliphatic rings. The van der Waals surface area contributed by atoms with Crippen molar-refractivity contribution in [2.24, 2.45) is 11.1 Å². The molecule has 1 rings (SSSR count). The molecule has 0 aromatic heterocycles. The van der Waals surface area contributed by atoms with Gasteiger partial charge in [-0.1, -0.05) is 12.1 Å². The highest BCUT2D eigenvalue weighted by Gasteiger charge is 2.25. The summed E-state index contributed by atoms with van der Waals surface area (Å²) in [5, 5.41) is 3.18. The van der Waals surface area contributed by atoms with Crippen LogP contribution in [-0.2, 0) is 4.79 Å². The van der Waals surface area contributed by atoms with E-state index in [1.165, 1.54) is 12.1 Å². The van der Waals surface area contributed by atoms with E-state index in [0.29, 0.717) is 6.54 Å². The predicted octanol–water partition coefficient (Wildman–Crippen LogP) is 1.99. The average molecular weight is 238 g/mol. The quantitative estimate of drug-likeness (QED) is 0.824. The lowest BCUT2D eigenvalue weighted by atomic mass is 9.92. The topological polar surface area (TPSA) is 55.1 Å². The Morgan fingerprint density at radius 1 is 1.53 bits per heavy atom. The Bertz CT molecular complexity index is 404. The van der Waals surface area contributed by atoms with Gasteiger partial charge in [0, 0.05) is 12.6 Å². The number of primary amides is 1. The van der Waals surface area contributed by atoms with Gasteiger partial charge in [0.05, 0.1) is 5.41 Å². The lowest BCUT2D eigenvalue weighted by molar-refractivity contribution is -0.125. The molecule has 17 heavy (non-hydrogen) atoms. The van der Waals surface area contributed by atoms with E-state index in [9.17, 15) is 9.18 Å². The van der Waals surface area contributed by atoms with Gasteiger partial charge in [0.15, 0.2) is 0 Å². The molecular formula is C13H19FN2O. The van der Waals surface area contributed by atoms with Crippen LogP contribution in [0, 0.1) is 11.2 Å². The normalized spacial score (nSPS) is 13.4. The minimum atomic E-state index is -0.610. The molecule has 4 heteroatoms. The van der Waals surface area contributed by atoms with Crippen LogP contribution in [-0.4, -0.2) is 12.5 Å². The van der Waals surface area contributed by atoms with Crippen molar-refractivity contribution < 1.29 is 9.18 Å². The SMILES string of the molecule is CC(NCC(C)(C)C(N)=O)c1cccc(F)c1. The molecule has 0 saturated carbocycles. The molecule has 94 valence electrons. The molecule has 0 saturated heterocycles. The Balaban J connectivity index is 2.62. The second-order valence-electron chi connectivity index (χ2n) is 4.91. The zero-order valence-electron chi connectivity index (χ0n) is 10.5. The minimum absolute atomic E-state index is 0.0238. The van der Waals surface area contributed by atoms with E-state index in [2.05, 4.69) is 5.32 Å². The minimum Gasteiger partial charge on any atom is -0.369 e. The van der Waals surface area contributed by atoms with E-state index >= 15 is 0 Å².